The van der Waals surface area contributed by atoms with Crippen LogP contribution in [0.3, 0.4) is 0 Å². The Morgan fingerprint density at radius 1 is 0.935 bits per heavy atom. The first-order valence-electron chi connectivity index (χ1n) is 9.52. The molecule has 4 aromatic rings. The van der Waals surface area contributed by atoms with Gasteiger partial charge in [-0.25, -0.2) is 9.78 Å². The molecule has 31 heavy (non-hydrogen) atoms. The van der Waals surface area contributed by atoms with Gasteiger partial charge in [-0.05, 0) is 48.9 Å². The Bertz CT molecular complexity index is 1250. The number of thiazole rings is 1. The number of nitrogens with one attached hydrogen (secondary N) is 3. The quantitative estimate of drug-likeness (QED) is 0.388. The van der Waals surface area contributed by atoms with Crippen molar-refractivity contribution in [2.75, 3.05) is 23.1 Å². The van der Waals surface area contributed by atoms with Gasteiger partial charge < -0.3 is 15.4 Å². The second-order valence-corrected chi connectivity index (χ2v) is 7.79. The van der Waals surface area contributed by atoms with E-state index in [1.807, 2.05) is 49.4 Å². The molecule has 0 aliphatic rings. The SMILES string of the molecule is COc1ccccc1NC(=O)Nc1cc(C)c2nc(NC(=O)c3ccccc3)sc2c1. The largest absolute Gasteiger partial charge is 0.495 e. The second-order valence-electron chi connectivity index (χ2n) is 6.76. The topological polar surface area (TPSA) is 92.3 Å². The Morgan fingerprint density at radius 2 is 1.68 bits per heavy atom. The zero-order valence-electron chi connectivity index (χ0n) is 16.9. The molecule has 4 rings (SSSR count). The number of carbonyl (C=O) groups excluding carboxylic acids is 2. The lowest BCUT2D eigenvalue weighted by Gasteiger charge is -2.11. The van der Waals surface area contributed by atoms with Gasteiger partial charge in [0.25, 0.3) is 5.91 Å². The third-order valence-corrected chi connectivity index (χ3v) is 5.47. The Morgan fingerprint density at radius 3 is 2.45 bits per heavy atom. The first-order chi connectivity index (χ1) is 15.0. The van der Waals surface area contributed by atoms with E-state index >= 15 is 0 Å². The normalized spacial score (nSPS) is 10.5. The van der Waals surface area contributed by atoms with E-state index in [0.717, 1.165) is 15.8 Å². The summed E-state index contributed by atoms with van der Waals surface area (Å²) < 4.78 is 6.11. The molecule has 3 N–H and O–H groups in total. The van der Waals surface area contributed by atoms with Crippen LogP contribution >= 0.6 is 11.3 Å². The van der Waals surface area contributed by atoms with Gasteiger partial charge in [0.2, 0.25) is 0 Å². The van der Waals surface area contributed by atoms with Crippen LogP contribution in [0.15, 0.2) is 66.7 Å². The van der Waals surface area contributed by atoms with E-state index in [-0.39, 0.29) is 11.9 Å². The van der Waals surface area contributed by atoms with Crippen molar-refractivity contribution in [2.45, 2.75) is 6.92 Å². The van der Waals surface area contributed by atoms with E-state index in [1.54, 1.807) is 31.4 Å². The lowest BCUT2D eigenvalue weighted by Crippen LogP contribution is -2.19. The fraction of sp³-hybridized carbons (Fsp3) is 0.0870. The summed E-state index contributed by atoms with van der Waals surface area (Å²) in [4.78, 5) is 29.4. The van der Waals surface area contributed by atoms with Gasteiger partial charge in [-0.3, -0.25) is 10.1 Å². The number of benzene rings is 3. The molecule has 0 fully saturated rings. The summed E-state index contributed by atoms with van der Waals surface area (Å²) in [6.45, 7) is 1.91. The molecule has 0 unspecified atom stereocenters. The van der Waals surface area contributed by atoms with Gasteiger partial charge in [0.15, 0.2) is 5.13 Å². The molecule has 8 heteroatoms. The molecule has 0 spiro atoms. The van der Waals surface area contributed by atoms with Gasteiger partial charge in [0.05, 0.1) is 23.0 Å². The number of aromatic nitrogens is 1. The first-order valence-corrected chi connectivity index (χ1v) is 10.3. The van der Waals surface area contributed by atoms with Crippen LogP contribution in [-0.4, -0.2) is 24.0 Å². The summed E-state index contributed by atoms with van der Waals surface area (Å²) in [5, 5.41) is 8.96. The molecule has 0 saturated carbocycles. The summed E-state index contributed by atoms with van der Waals surface area (Å²) in [6, 6.07) is 19.4. The fourth-order valence-electron chi connectivity index (χ4n) is 3.11. The van der Waals surface area contributed by atoms with Crippen molar-refractivity contribution in [1.29, 1.82) is 0 Å². The van der Waals surface area contributed by atoms with Crippen molar-refractivity contribution < 1.29 is 14.3 Å². The van der Waals surface area contributed by atoms with Crippen LogP contribution in [0.5, 0.6) is 5.75 Å². The van der Waals surface area contributed by atoms with Gasteiger partial charge in [-0.1, -0.05) is 41.7 Å². The molecule has 0 bridgehead atoms. The van der Waals surface area contributed by atoms with Crippen molar-refractivity contribution in [3.8, 4) is 5.75 Å². The monoisotopic (exact) mass is 432 g/mol. The number of fused-ring (bicyclic) bond motifs is 1. The van der Waals surface area contributed by atoms with Crippen LogP contribution in [0.1, 0.15) is 15.9 Å². The Hall–Kier alpha value is -3.91. The molecule has 0 aliphatic carbocycles. The summed E-state index contributed by atoms with van der Waals surface area (Å²) in [7, 11) is 1.55. The standard InChI is InChI=1S/C23H20N4O3S/c1-14-12-16(24-22(29)25-17-10-6-7-11-18(17)30-2)13-19-20(14)26-23(31-19)27-21(28)15-8-4-3-5-9-15/h3-13H,1-2H3,(H2,24,25,29)(H,26,27,28). The van der Waals surface area contributed by atoms with Crippen LogP contribution in [0, 0.1) is 6.92 Å². The number of amides is 3. The highest BCUT2D eigenvalue weighted by molar-refractivity contribution is 7.22. The zero-order valence-corrected chi connectivity index (χ0v) is 17.7. The molecule has 1 aromatic heterocycles. The van der Waals surface area contributed by atoms with E-state index in [1.165, 1.54) is 11.3 Å². The third kappa shape index (κ3) is 4.65. The predicted molar refractivity (Wildman–Crippen MR) is 124 cm³/mol. The van der Waals surface area contributed by atoms with Crippen molar-refractivity contribution in [3.63, 3.8) is 0 Å². The van der Waals surface area contributed by atoms with Crippen LogP contribution in [0.25, 0.3) is 10.2 Å². The second kappa shape index (κ2) is 8.85. The number of methoxy groups -OCH3 is 1. The summed E-state index contributed by atoms with van der Waals surface area (Å²) in [5.41, 5.74) is 3.44. The van der Waals surface area contributed by atoms with Crippen LogP contribution in [0.2, 0.25) is 0 Å². The Kier molecular flexibility index (Phi) is 5.81. The molecule has 0 radical (unpaired) electrons. The van der Waals surface area contributed by atoms with Crippen molar-refractivity contribution in [3.05, 3.63) is 77.9 Å². The summed E-state index contributed by atoms with van der Waals surface area (Å²) in [5.74, 6) is 0.359. The Balaban J connectivity index is 1.51. The van der Waals surface area contributed by atoms with Crippen molar-refractivity contribution in [2.24, 2.45) is 0 Å². The molecule has 7 nitrogen and oxygen atoms in total. The molecule has 0 saturated heterocycles. The maximum absolute atomic E-state index is 12.5. The maximum Gasteiger partial charge on any atom is 0.323 e. The van der Waals surface area contributed by atoms with Gasteiger partial charge >= 0.3 is 6.03 Å². The number of nitrogens with zero attached hydrogens (tertiary/aromatic N) is 1. The van der Waals surface area contributed by atoms with E-state index in [9.17, 15) is 9.59 Å². The van der Waals surface area contributed by atoms with Crippen molar-refractivity contribution in [1.82, 2.24) is 4.98 Å². The highest BCUT2D eigenvalue weighted by atomic mass is 32.1. The third-order valence-electron chi connectivity index (χ3n) is 4.55. The van der Waals surface area contributed by atoms with E-state index in [0.29, 0.717) is 27.8 Å². The van der Waals surface area contributed by atoms with Gasteiger partial charge in [-0.15, -0.1) is 0 Å². The smallest absolute Gasteiger partial charge is 0.323 e. The average molecular weight is 433 g/mol. The summed E-state index contributed by atoms with van der Waals surface area (Å²) in [6.07, 6.45) is 0. The molecule has 3 aromatic carbocycles. The van der Waals surface area contributed by atoms with E-state index in [4.69, 9.17) is 4.74 Å². The number of aryl methyl sites for hydroxylation is 1. The van der Waals surface area contributed by atoms with Gasteiger partial charge in [-0.2, -0.15) is 0 Å². The molecule has 1 heterocycles. The minimum absolute atomic E-state index is 0.216. The lowest BCUT2D eigenvalue weighted by molar-refractivity contribution is 0.102. The van der Waals surface area contributed by atoms with Gasteiger partial charge in [0.1, 0.15) is 5.75 Å². The number of urea groups is 1. The highest BCUT2D eigenvalue weighted by Gasteiger charge is 2.13. The number of carbonyl (C=O) groups is 2. The lowest BCUT2D eigenvalue weighted by atomic mass is 10.2. The van der Waals surface area contributed by atoms with E-state index < -0.39 is 0 Å². The molecular weight excluding hydrogens is 412 g/mol. The molecule has 156 valence electrons. The number of hydrogen-bond acceptors (Lipinski definition) is 5. The minimum Gasteiger partial charge on any atom is -0.495 e. The minimum atomic E-state index is -0.384. The predicted octanol–water partition coefficient (Wildman–Crippen LogP) is 5.51. The fourth-order valence-corrected chi connectivity index (χ4v) is 4.09. The van der Waals surface area contributed by atoms with Gasteiger partial charge in [0, 0.05) is 11.3 Å². The number of rotatable bonds is 5. The van der Waals surface area contributed by atoms with Crippen LogP contribution in [-0.2, 0) is 0 Å². The Labute approximate surface area is 183 Å². The molecule has 0 atom stereocenters. The molecule has 0 aliphatic heterocycles. The average Bonchev–Trinajstić information content (AvgIpc) is 3.17. The number of para-hydroxylation sites is 2. The highest BCUT2D eigenvalue weighted by Crippen LogP contribution is 2.31. The maximum atomic E-state index is 12.5. The van der Waals surface area contributed by atoms with Crippen LogP contribution in [0.4, 0.5) is 21.3 Å². The number of anilines is 3. The summed E-state index contributed by atoms with van der Waals surface area (Å²) >= 11 is 1.35. The van der Waals surface area contributed by atoms with E-state index in [2.05, 4.69) is 20.9 Å². The zero-order chi connectivity index (χ0) is 21.8. The number of hydrogen-bond donors (Lipinski definition) is 3. The van der Waals surface area contributed by atoms with Crippen LogP contribution < -0.4 is 20.7 Å². The first kappa shape index (κ1) is 20.4. The van der Waals surface area contributed by atoms with Crippen molar-refractivity contribution >= 4 is 50.0 Å². The number of ether oxygens (including phenoxy) is 1. The molecular formula is C23H20N4O3S. The molecule has 3 amide bonds.